The Morgan fingerprint density at radius 3 is 2.67 bits per heavy atom. The van der Waals surface area contributed by atoms with E-state index in [4.69, 9.17) is 0 Å². The zero-order chi connectivity index (χ0) is 13.0. The van der Waals surface area contributed by atoms with Crippen LogP contribution in [0, 0.1) is 12.7 Å². The molecule has 0 spiro atoms. The van der Waals surface area contributed by atoms with Gasteiger partial charge in [0.25, 0.3) is 5.91 Å². The van der Waals surface area contributed by atoms with Crippen LogP contribution in [0.2, 0.25) is 0 Å². The molecule has 4 heteroatoms. The highest BCUT2D eigenvalue weighted by Gasteiger charge is 2.05. The number of hydrogen-bond donors (Lipinski definition) is 1. The standard InChI is InChI=1S/C14H13FN2O/c1-10-8-16-7-6-12(10)9-17-14(18)11-2-4-13(15)5-3-11/h2-8H,9H2,1H3,(H,17,18). The van der Waals surface area contributed by atoms with Crippen molar-refractivity contribution in [3.8, 4) is 0 Å². The molecule has 0 saturated carbocycles. The van der Waals surface area contributed by atoms with E-state index >= 15 is 0 Å². The zero-order valence-electron chi connectivity index (χ0n) is 9.98. The molecule has 0 aliphatic carbocycles. The van der Waals surface area contributed by atoms with Gasteiger partial charge in [0.15, 0.2) is 0 Å². The van der Waals surface area contributed by atoms with E-state index in [9.17, 15) is 9.18 Å². The molecule has 1 heterocycles. The first-order chi connectivity index (χ1) is 8.66. The van der Waals surface area contributed by atoms with Crippen molar-refractivity contribution in [1.82, 2.24) is 10.3 Å². The molecule has 2 rings (SSSR count). The summed E-state index contributed by atoms with van der Waals surface area (Å²) in [6.07, 6.45) is 3.44. The van der Waals surface area contributed by atoms with Crippen LogP contribution in [0.3, 0.4) is 0 Å². The summed E-state index contributed by atoms with van der Waals surface area (Å²) in [7, 11) is 0. The molecule has 18 heavy (non-hydrogen) atoms. The third-order valence-corrected chi connectivity index (χ3v) is 2.68. The van der Waals surface area contributed by atoms with E-state index in [1.807, 2.05) is 13.0 Å². The number of amides is 1. The number of rotatable bonds is 3. The normalized spacial score (nSPS) is 10.1. The smallest absolute Gasteiger partial charge is 0.251 e. The molecular formula is C14H13FN2O. The number of nitrogens with one attached hydrogen (secondary N) is 1. The minimum absolute atomic E-state index is 0.216. The predicted octanol–water partition coefficient (Wildman–Crippen LogP) is 2.46. The lowest BCUT2D eigenvalue weighted by Crippen LogP contribution is -2.23. The summed E-state index contributed by atoms with van der Waals surface area (Å²) >= 11 is 0. The minimum atomic E-state index is -0.350. The Morgan fingerprint density at radius 2 is 2.00 bits per heavy atom. The lowest BCUT2D eigenvalue weighted by Gasteiger charge is -2.07. The second kappa shape index (κ2) is 5.40. The summed E-state index contributed by atoms with van der Waals surface area (Å²) in [6.45, 7) is 2.37. The number of halogens is 1. The fourth-order valence-corrected chi connectivity index (χ4v) is 1.58. The van der Waals surface area contributed by atoms with Crippen LogP contribution in [0.15, 0.2) is 42.7 Å². The Balaban J connectivity index is 2.01. The maximum absolute atomic E-state index is 12.7. The maximum atomic E-state index is 12.7. The first-order valence-corrected chi connectivity index (χ1v) is 5.60. The van der Waals surface area contributed by atoms with Crippen LogP contribution in [-0.4, -0.2) is 10.9 Å². The monoisotopic (exact) mass is 244 g/mol. The molecule has 0 fully saturated rings. The van der Waals surface area contributed by atoms with Crippen LogP contribution >= 0.6 is 0 Å². The van der Waals surface area contributed by atoms with Crippen molar-refractivity contribution >= 4 is 5.91 Å². The number of aryl methyl sites for hydroxylation is 1. The van der Waals surface area contributed by atoms with Crippen molar-refractivity contribution in [3.63, 3.8) is 0 Å². The lowest BCUT2D eigenvalue weighted by atomic mass is 10.1. The van der Waals surface area contributed by atoms with Gasteiger partial charge in [-0.05, 0) is 48.4 Å². The molecule has 0 unspecified atom stereocenters. The summed E-state index contributed by atoms with van der Waals surface area (Å²) in [5, 5.41) is 2.79. The van der Waals surface area contributed by atoms with Gasteiger partial charge in [-0.2, -0.15) is 0 Å². The van der Waals surface area contributed by atoms with Gasteiger partial charge in [-0.15, -0.1) is 0 Å². The molecule has 92 valence electrons. The molecule has 0 aliphatic rings. The number of pyridine rings is 1. The van der Waals surface area contributed by atoms with E-state index in [2.05, 4.69) is 10.3 Å². The molecule has 1 aromatic heterocycles. The van der Waals surface area contributed by atoms with E-state index < -0.39 is 0 Å². The van der Waals surface area contributed by atoms with Gasteiger partial charge in [0.05, 0.1) is 0 Å². The molecule has 0 radical (unpaired) electrons. The van der Waals surface area contributed by atoms with E-state index in [-0.39, 0.29) is 11.7 Å². The van der Waals surface area contributed by atoms with Crippen LogP contribution < -0.4 is 5.32 Å². The van der Waals surface area contributed by atoms with E-state index in [1.165, 1.54) is 24.3 Å². The van der Waals surface area contributed by atoms with Gasteiger partial charge in [-0.3, -0.25) is 9.78 Å². The Labute approximate surface area is 105 Å². The third kappa shape index (κ3) is 2.91. The second-order valence-electron chi connectivity index (χ2n) is 3.99. The minimum Gasteiger partial charge on any atom is -0.348 e. The Morgan fingerprint density at radius 1 is 1.28 bits per heavy atom. The summed E-state index contributed by atoms with van der Waals surface area (Å²) in [4.78, 5) is 15.8. The van der Waals surface area contributed by atoms with Crippen molar-refractivity contribution in [2.45, 2.75) is 13.5 Å². The van der Waals surface area contributed by atoms with Gasteiger partial charge >= 0.3 is 0 Å². The number of aromatic nitrogens is 1. The first kappa shape index (κ1) is 12.2. The Hall–Kier alpha value is -2.23. The van der Waals surface area contributed by atoms with Gasteiger partial charge in [0, 0.05) is 24.5 Å². The van der Waals surface area contributed by atoms with Crippen molar-refractivity contribution in [2.24, 2.45) is 0 Å². The SMILES string of the molecule is Cc1cnccc1CNC(=O)c1ccc(F)cc1. The molecule has 1 N–H and O–H groups in total. The highest BCUT2D eigenvalue weighted by Crippen LogP contribution is 2.06. The molecule has 0 saturated heterocycles. The number of carbonyl (C=O) groups excluding carboxylic acids is 1. The zero-order valence-corrected chi connectivity index (χ0v) is 9.98. The second-order valence-corrected chi connectivity index (χ2v) is 3.99. The topological polar surface area (TPSA) is 42.0 Å². The number of benzene rings is 1. The fourth-order valence-electron chi connectivity index (χ4n) is 1.58. The molecule has 0 bridgehead atoms. The largest absolute Gasteiger partial charge is 0.348 e. The molecular weight excluding hydrogens is 231 g/mol. The number of carbonyl (C=O) groups is 1. The molecule has 3 nitrogen and oxygen atoms in total. The molecule has 0 aliphatic heterocycles. The van der Waals surface area contributed by atoms with Gasteiger partial charge in [0.2, 0.25) is 0 Å². The maximum Gasteiger partial charge on any atom is 0.251 e. The highest BCUT2D eigenvalue weighted by molar-refractivity contribution is 5.94. The van der Waals surface area contributed by atoms with Crippen LogP contribution in [-0.2, 0) is 6.54 Å². The van der Waals surface area contributed by atoms with Crippen molar-refractivity contribution in [2.75, 3.05) is 0 Å². The summed E-state index contributed by atoms with van der Waals surface area (Å²) < 4.78 is 12.7. The summed E-state index contributed by atoms with van der Waals surface area (Å²) in [5.74, 6) is -0.567. The van der Waals surface area contributed by atoms with Crippen molar-refractivity contribution in [1.29, 1.82) is 0 Å². The average Bonchev–Trinajstić information content (AvgIpc) is 2.38. The van der Waals surface area contributed by atoms with Crippen LogP contribution in [0.1, 0.15) is 21.5 Å². The van der Waals surface area contributed by atoms with E-state index in [1.54, 1.807) is 12.4 Å². The van der Waals surface area contributed by atoms with Crippen LogP contribution in [0.5, 0.6) is 0 Å². The molecule has 2 aromatic rings. The lowest BCUT2D eigenvalue weighted by molar-refractivity contribution is 0.0951. The van der Waals surface area contributed by atoms with Crippen LogP contribution in [0.4, 0.5) is 4.39 Å². The number of nitrogens with zero attached hydrogens (tertiary/aromatic N) is 1. The molecule has 1 aromatic carbocycles. The van der Waals surface area contributed by atoms with E-state index in [0.717, 1.165) is 11.1 Å². The van der Waals surface area contributed by atoms with E-state index in [0.29, 0.717) is 12.1 Å². The van der Waals surface area contributed by atoms with Gasteiger partial charge in [-0.25, -0.2) is 4.39 Å². The van der Waals surface area contributed by atoms with Crippen molar-refractivity contribution < 1.29 is 9.18 Å². The fraction of sp³-hybridized carbons (Fsp3) is 0.143. The Kier molecular flexibility index (Phi) is 3.67. The Bertz CT molecular complexity index is 552. The highest BCUT2D eigenvalue weighted by atomic mass is 19.1. The molecule has 1 amide bonds. The molecule has 0 atom stereocenters. The van der Waals surface area contributed by atoms with Gasteiger partial charge in [0.1, 0.15) is 5.82 Å². The third-order valence-electron chi connectivity index (χ3n) is 2.68. The summed E-state index contributed by atoms with van der Waals surface area (Å²) in [5.41, 5.74) is 2.49. The quantitative estimate of drug-likeness (QED) is 0.901. The van der Waals surface area contributed by atoms with Crippen LogP contribution in [0.25, 0.3) is 0 Å². The van der Waals surface area contributed by atoms with Gasteiger partial charge in [-0.1, -0.05) is 0 Å². The number of hydrogen-bond acceptors (Lipinski definition) is 2. The predicted molar refractivity (Wildman–Crippen MR) is 66.5 cm³/mol. The first-order valence-electron chi connectivity index (χ1n) is 5.60. The van der Waals surface area contributed by atoms with Gasteiger partial charge < -0.3 is 5.32 Å². The summed E-state index contributed by atoms with van der Waals surface area (Å²) in [6, 6.07) is 7.33. The average molecular weight is 244 g/mol. The van der Waals surface area contributed by atoms with Crippen molar-refractivity contribution in [3.05, 3.63) is 65.2 Å².